The fourth-order valence-electron chi connectivity index (χ4n) is 3.94. The summed E-state index contributed by atoms with van der Waals surface area (Å²) in [4.78, 5) is 23.1. The minimum Gasteiger partial charge on any atom is -0.507 e. The van der Waals surface area contributed by atoms with Crippen LogP contribution in [0.2, 0.25) is 0 Å². The van der Waals surface area contributed by atoms with Gasteiger partial charge in [0.1, 0.15) is 5.75 Å². The van der Waals surface area contributed by atoms with Gasteiger partial charge in [0.05, 0.1) is 6.16 Å². The molecule has 1 heterocycles. The summed E-state index contributed by atoms with van der Waals surface area (Å²) in [6.07, 6.45) is 4.81. The van der Waals surface area contributed by atoms with Crippen LogP contribution in [0, 0.1) is 0 Å². The average molecular weight is 418 g/mol. The van der Waals surface area contributed by atoms with E-state index < -0.39 is 19.2 Å². The zero-order valence-electron chi connectivity index (χ0n) is 18.1. The molecule has 2 N–H and O–H groups in total. The molecule has 0 saturated heterocycles. The molecule has 29 heavy (non-hydrogen) atoms. The van der Waals surface area contributed by atoms with Crippen LogP contribution in [0.1, 0.15) is 71.1 Å². The van der Waals surface area contributed by atoms with Gasteiger partial charge in [0, 0.05) is 11.1 Å². The topological polar surface area (TPSA) is 83.8 Å². The fraction of sp³-hybridized carbons (Fsp3) is 0.522. The molecule has 1 aromatic rings. The van der Waals surface area contributed by atoms with Crippen LogP contribution in [-0.2, 0) is 31.1 Å². The maximum Gasteiger partial charge on any atom is 0.335 e. The molecule has 6 heteroatoms. The lowest BCUT2D eigenvalue weighted by Crippen LogP contribution is -2.18. The van der Waals surface area contributed by atoms with Crippen molar-refractivity contribution < 1.29 is 24.1 Å². The van der Waals surface area contributed by atoms with Crippen LogP contribution in [0.4, 0.5) is 0 Å². The molecule has 2 unspecified atom stereocenters. The second-order valence-electron chi connectivity index (χ2n) is 10.1. The molecule has 0 fully saturated rings. The molecule has 0 amide bonds. The maximum absolute atomic E-state index is 13.3. The van der Waals surface area contributed by atoms with Gasteiger partial charge in [-0.2, -0.15) is 0 Å². The lowest BCUT2D eigenvalue weighted by molar-refractivity contribution is -0.137. The zero-order valence-corrected chi connectivity index (χ0v) is 19.0. The van der Waals surface area contributed by atoms with Crippen molar-refractivity contribution in [1.29, 1.82) is 0 Å². The summed E-state index contributed by atoms with van der Waals surface area (Å²) in [6, 6.07) is 3.60. The van der Waals surface area contributed by atoms with E-state index in [1.54, 1.807) is 18.2 Å². The first kappa shape index (κ1) is 21.9. The second-order valence-corrected chi connectivity index (χ2v) is 12.4. The number of hydrogen-bond donors (Lipinski definition) is 2. The Kier molecular flexibility index (Phi) is 5.38. The van der Waals surface area contributed by atoms with Crippen LogP contribution in [0.25, 0.3) is 0 Å². The van der Waals surface area contributed by atoms with Crippen LogP contribution in [0.5, 0.6) is 5.75 Å². The van der Waals surface area contributed by atoms with E-state index >= 15 is 0 Å². The molecular weight excluding hydrogens is 387 g/mol. The van der Waals surface area contributed by atoms with Gasteiger partial charge in [-0.25, -0.2) is 4.79 Å². The second kappa shape index (κ2) is 7.14. The monoisotopic (exact) mass is 418 g/mol. The molecular formula is C23H31O5P. The van der Waals surface area contributed by atoms with Crippen LogP contribution < -0.4 is 0 Å². The first-order valence-corrected chi connectivity index (χ1v) is 11.9. The van der Waals surface area contributed by atoms with Crippen LogP contribution >= 0.6 is 7.37 Å². The third kappa shape index (κ3) is 4.22. The van der Waals surface area contributed by atoms with Crippen molar-refractivity contribution in [2.24, 2.45) is 0 Å². The summed E-state index contributed by atoms with van der Waals surface area (Å²) < 4.78 is 18.7. The predicted octanol–water partition coefficient (Wildman–Crippen LogP) is 5.29. The number of aromatic hydroxyl groups is 1. The number of allylic oxidation sites excluding steroid dienone is 1. The molecule has 0 spiro atoms. The molecule has 3 rings (SSSR count). The van der Waals surface area contributed by atoms with Crippen LogP contribution in [0.3, 0.4) is 0 Å². The Morgan fingerprint density at radius 3 is 2.17 bits per heavy atom. The van der Waals surface area contributed by atoms with Crippen LogP contribution in [0.15, 0.2) is 35.4 Å². The zero-order chi connectivity index (χ0) is 21.8. The number of cyclic esters (lactones) is 1. The van der Waals surface area contributed by atoms with E-state index in [-0.39, 0.29) is 22.7 Å². The van der Waals surface area contributed by atoms with Gasteiger partial charge in [0.25, 0.3) is 0 Å². The molecule has 1 aliphatic carbocycles. The van der Waals surface area contributed by atoms with Crippen molar-refractivity contribution in [3.8, 4) is 5.75 Å². The molecule has 2 aliphatic rings. The Morgan fingerprint density at radius 1 is 1.10 bits per heavy atom. The highest BCUT2D eigenvalue weighted by Crippen LogP contribution is 2.57. The summed E-state index contributed by atoms with van der Waals surface area (Å²) in [5, 5.41) is 10.9. The van der Waals surface area contributed by atoms with Gasteiger partial charge in [-0.15, -0.1) is 0 Å². The molecule has 158 valence electrons. The van der Waals surface area contributed by atoms with Gasteiger partial charge in [0.15, 0.2) is 0 Å². The van der Waals surface area contributed by atoms with Crippen LogP contribution in [-0.4, -0.2) is 21.8 Å². The highest BCUT2D eigenvalue weighted by atomic mass is 31.2. The van der Waals surface area contributed by atoms with E-state index in [9.17, 15) is 19.4 Å². The van der Waals surface area contributed by atoms with Crippen molar-refractivity contribution >= 4 is 13.3 Å². The number of carbonyl (C=O) groups excluding carboxylic acids is 1. The van der Waals surface area contributed by atoms with Crippen molar-refractivity contribution in [1.82, 2.24) is 0 Å². The molecule has 0 aromatic heterocycles. The smallest absolute Gasteiger partial charge is 0.335 e. The predicted molar refractivity (Wildman–Crippen MR) is 114 cm³/mol. The molecule has 2 atom stereocenters. The number of phenolic OH excluding ortho intramolecular Hbond substituents is 1. The van der Waals surface area contributed by atoms with E-state index in [2.05, 4.69) is 0 Å². The quantitative estimate of drug-likeness (QED) is 0.515. The van der Waals surface area contributed by atoms with Gasteiger partial charge in [-0.1, -0.05) is 65.8 Å². The van der Waals surface area contributed by atoms with Crippen molar-refractivity contribution in [2.75, 3.05) is 0 Å². The van der Waals surface area contributed by atoms with E-state index in [0.29, 0.717) is 23.1 Å². The number of esters is 1. The summed E-state index contributed by atoms with van der Waals surface area (Å²) in [6.45, 7) is 12.0. The van der Waals surface area contributed by atoms with E-state index in [1.165, 1.54) is 0 Å². The third-order valence-electron chi connectivity index (χ3n) is 5.50. The number of benzene rings is 1. The normalized spacial score (nSPS) is 21.8. The standard InChI is InChI=1S/C23H31O5P/c1-22(2,3)17-11-14(12-18(19(17)24)23(4,5)6)13-29(26,27)21-16-10-8-7-9-15(16)20(25)28-21/h8,10-12,21,24H,7,9,13H2,1-6H3,(H,26,27). The van der Waals surface area contributed by atoms with Crippen molar-refractivity contribution in [2.45, 2.75) is 77.2 Å². The fourth-order valence-corrected chi connectivity index (χ4v) is 5.75. The van der Waals surface area contributed by atoms with Crippen molar-refractivity contribution in [3.05, 3.63) is 52.1 Å². The van der Waals surface area contributed by atoms with E-state index in [4.69, 9.17) is 4.74 Å². The largest absolute Gasteiger partial charge is 0.507 e. The summed E-state index contributed by atoms with van der Waals surface area (Å²) in [5.41, 5.74) is 2.53. The average Bonchev–Trinajstić information content (AvgIpc) is 2.92. The molecule has 0 saturated carbocycles. The summed E-state index contributed by atoms with van der Waals surface area (Å²) in [7, 11) is -3.88. The number of rotatable bonds is 3. The molecule has 1 aliphatic heterocycles. The van der Waals surface area contributed by atoms with Crippen molar-refractivity contribution in [3.63, 3.8) is 0 Å². The first-order valence-electron chi connectivity index (χ1n) is 10.0. The van der Waals surface area contributed by atoms with Gasteiger partial charge in [-0.05, 0) is 40.4 Å². The number of phenols is 1. The summed E-state index contributed by atoms with van der Waals surface area (Å²) >= 11 is 0. The highest BCUT2D eigenvalue weighted by molar-refractivity contribution is 7.58. The summed E-state index contributed by atoms with van der Waals surface area (Å²) in [5.74, 6) is -1.37. The Bertz CT molecular complexity index is 921. The van der Waals surface area contributed by atoms with E-state index in [1.807, 2.05) is 47.6 Å². The van der Waals surface area contributed by atoms with Gasteiger partial charge >= 0.3 is 5.97 Å². The maximum atomic E-state index is 13.3. The minimum atomic E-state index is -3.88. The first-order chi connectivity index (χ1) is 13.2. The highest BCUT2D eigenvalue weighted by Gasteiger charge is 2.44. The Morgan fingerprint density at radius 2 is 1.66 bits per heavy atom. The number of hydrogen-bond acceptors (Lipinski definition) is 4. The van der Waals surface area contributed by atoms with E-state index in [0.717, 1.165) is 17.5 Å². The molecule has 0 bridgehead atoms. The molecule has 0 radical (unpaired) electrons. The van der Waals surface area contributed by atoms with Gasteiger partial charge < -0.3 is 14.7 Å². The number of carbonyl (C=O) groups is 1. The number of ether oxygens (including phenoxy) is 1. The minimum absolute atomic E-state index is 0.123. The molecule has 5 nitrogen and oxygen atoms in total. The SMILES string of the molecule is CC(C)(C)c1cc(CP(=O)(O)C2OC(=O)C3=C2C=CCC3)cc(C(C)(C)C)c1O. The lowest BCUT2D eigenvalue weighted by atomic mass is 9.78. The molecule has 1 aromatic carbocycles. The van der Waals surface area contributed by atoms with Gasteiger partial charge in [-0.3, -0.25) is 4.57 Å². The Labute approximate surface area is 172 Å². The third-order valence-corrected chi connectivity index (χ3v) is 7.43. The Balaban J connectivity index is 2.03. The van der Waals surface area contributed by atoms with Gasteiger partial charge in [0.2, 0.25) is 13.2 Å². The Hall–Kier alpha value is -1.84. The lowest BCUT2D eigenvalue weighted by Gasteiger charge is -2.29.